The number of pyridine rings is 1. The summed E-state index contributed by atoms with van der Waals surface area (Å²) in [7, 11) is 0. The monoisotopic (exact) mass is 263 g/mol. The van der Waals surface area contributed by atoms with Gasteiger partial charge in [0.1, 0.15) is 11.5 Å². The van der Waals surface area contributed by atoms with Crippen LogP contribution in [0, 0.1) is 0 Å². The molecule has 0 aliphatic carbocycles. The first-order valence-electron chi connectivity index (χ1n) is 6.36. The van der Waals surface area contributed by atoms with Crippen LogP contribution in [0.25, 0.3) is 10.9 Å². The van der Waals surface area contributed by atoms with E-state index in [1.807, 2.05) is 42.5 Å². The van der Waals surface area contributed by atoms with Gasteiger partial charge in [0.05, 0.1) is 17.3 Å². The molecule has 3 aromatic rings. The van der Waals surface area contributed by atoms with Gasteiger partial charge in [-0.3, -0.25) is 9.78 Å². The molecule has 3 heteroatoms. The van der Waals surface area contributed by atoms with Crippen molar-refractivity contribution in [1.29, 1.82) is 0 Å². The molecule has 0 atom stereocenters. The third kappa shape index (κ3) is 2.38. The van der Waals surface area contributed by atoms with Gasteiger partial charge in [-0.15, -0.1) is 0 Å². The summed E-state index contributed by atoms with van der Waals surface area (Å²) in [5.41, 5.74) is 1.49. The Kier molecular flexibility index (Phi) is 3.17. The third-order valence-electron chi connectivity index (χ3n) is 3.06. The molecule has 0 amide bonds. The van der Waals surface area contributed by atoms with Crippen molar-refractivity contribution in [1.82, 2.24) is 4.98 Å². The fraction of sp³-hybridized carbons (Fsp3) is 0.0588. The van der Waals surface area contributed by atoms with Crippen LogP contribution in [0.2, 0.25) is 0 Å². The van der Waals surface area contributed by atoms with Crippen molar-refractivity contribution in [2.45, 2.75) is 6.92 Å². The predicted molar refractivity (Wildman–Crippen MR) is 78.3 cm³/mol. The Balaban J connectivity index is 1.99. The Bertz CT molecular complexity index is 781. The first kappa shape index (κ1) is 12.4. The molecule has 0 saturated carbocycles. The van der Waals surface area contributed by atoms with Gasteiger partial charge in [0.2, 0.25) is 0 Å². The molecule has 1 aromatic heterocycles. The number of carbonyl (C=O) groups excluding carboxylic acids is 1. The van der Waals surface area contributed by atoms with E-state index in [4.69, 9.17) is 4.74 Å². The zero-order chi connectivity index (χ0) is 13.9. The van der Waals surface area contributed by atoms with Crippen LogP contribution >= 0.6 is 0 Å². The zero-order valence-corrected chi connectivity index (χ0v) is 11.0. The van der Waals surface area contributed by atoms with Crippen molar-refractivity contribution in [3.63, 3.8) is 0 Å². The van der Waals surface area contributed by atoms with E-state index in [9.17, 15) is 4.79 Å². The maximum atomic E-state index is 11.6. The van der Waals surface area contributed by atoms with Crippen LogP contribution in [0.15, 0.2) is 60.8 Å². The van der Waals surface area contributed by atoms with E-state index in [0.717, 1.165) is 10.9 Å². The molecular formula is C17H13NO2. The van der Waals surface area contributed by atoms with Gasteiger partial charge >= 0.3 is 0 Å². The van der Waals surface area contributed by atoms with Crippen LogP contribution in [0.5, 0.6) is 11.5 Å². The third-order valence-corrected chi connectivity index (χ3v) is 3.06. The zero-order valence-electron chi connectivity index (χ0n) is 11.0. The van der Waals surface area contributed by atoms with Crippen molar-refractivity contribution in [2.75, 3.05) is 0 Å². The van der Waals surface area contributed by atoms with Crippen LogP contribution in [-0.2, 0) is 0 Å². The lowest BCUT2D eigenvalue weighted by Crippen LogP contribution is -1.96. The molecule has 20 heavy (non-hydrogen) atoms. The van der Waals surface area contributed by atoms with Gasteiger partial charge < -0.3 is 4.74 Å². The van der Waals surface area contributed by atoms with Crippen LogP contribution in [0.3, 0.4) is 0 Å². The molecular weight excluding hydrogens is 250 g/mol. The second-order valence-corrected chi connectivity index (χ2v) is 4.52. The number of hydrogen-bond donors (Lipinski definition) is 0. The lowest BCUT2D eigenvalue weighted by molar-refractivity contribution is 0.101. The summed E-state index contributed by atoms with van der Waals surface area (Å²) in [6, 6.07) is 16.9. The topological polar surface area (TPSA) is 39.2 Å². The maximum absolute atomic E-state index is 11.6. The number of carbonyl (C=O) groups is 1. The molecule has 2 aromatic carbocycles. The minimum Gasteiger partial charge on any atom is -0.455 e. The number of rotatable bonds is 3. The van der Waals surface area contributed by atoms with E-state index in [1.54, 1.807) is 18.3 Å². The van der Waals surface area contributed by atoms with E-state index >= 15 is 0 Å². The van der Waals surface area contributed by atoms with E-state index < -0.39 is 0 Å². The Morgan fingerprint density at radius 2 is 1.80 bits per heavy atom. The average Bonchev–Trinajstić information content (AvgIpc) is 2.47. The molecule has 3 rings (SSSR count). The number of Topliss-reactive ketones (excluding diaryl/α,β-unsaturated/α-hetero) is 1. The average molecular weight is 263 g/mol. The van der Waals surface area contributed by atoms with Crippen molar-refractivity contribution in [2.24, 2.45) is 0 Å². The summed E-state index contributed by atoms with van der Waals surface area (Å²) in [6.07, 6.45) is 1.67. The summed E-state index contributed by atoms with van der Waals surface area (Å²) in [4.78, 5) is 15.9. The molecule has 0 aliphatic rings. The normalized spacial score (nSPS) is 10.4. The van der Waals surface area contributed by atoms with E-state index in [0.29, 0.717) is 17.1 Å². The van der Waals surface area contributed by atoms with Crippen molar-refractivity contribution >= 4 is 16.7 Å². The first-order chi connectivity index (χ1) is 9.74. The van der Waals surface area contributed by atoms with Gasteiger partial charge in [-0.2, -0.15) is 0 Å². The molecule has 0 radical (unpaired) electrons. The Labute approximate surface area is 116 Å². The number of fused-ring (bicyclic) bond motifs is 1. The molecule has 3 nitrogen and oxygen atoms in total. The maximum Gasteiger partial charge on any atom is 0.163 e. The highest BCUT2D eigenvalue weighted by Gasteiger charge is 2.08. The Morgan fingerprint density at radius 3 is 2.65 bits per heavy atom. The highest BCUT2D eigenvalue weighted by atomic mass is 16.5. The standard InChI is InChI=1S/C17H13NO2/c1-12(19)15-7-3-5-9-17(15)20-14-10-13-6-2-4-8-16(13)18-11-14/h2-11H,1H3. The fourth-order valence-electron chi connectivity index (χ4n) is 2.08. The summed E-state index contributed by atoms with van der Waals surface area (Å²) in [6.45, 7) is 1.53. The molecule has 1 heterocycles. The summed E-state index contributed by atoms with van der Waals surface area (Å²) in [5, 5.41) is 1.00. The number of aromatic nitrogens is 1. The van der Waals surface area contributed by atoms with E-state index in [-0.39, 0.29) is 5.78 Å². The minimum atomic E-state index is -0.0191. The number of nitrogens with zero attached hydrogens (tertiary/aromatic N) is 1. The number of ketones is 1. The van der Waals surface area contributed by atoms with Crippen LogP contribution in [0.4, 0.5) is 0 Å². The summed E-state index contributed by atoms with van der Waals surface area (Å²) < 4.78 is 5.80. The predicted octanol–water partition coefficient (Wildman–Crippen LogP) is 4.23. The SMILES string of the molecule is CC(=O)c1ccccc1Oc1cnc2ccccc2c1. The first-order valence-corrected chi connectivity index (χ1v) is 6.36. The van der Waals surface area contributed by atoms with E-state index in [1.165, 1.54) is 6.92 Å². The molecule has 98 valence electrons. The van der Waals surface area contributed by atoms with Gasteiger partial charge in [-0.05, 0) is 31.2 Å². The summed E-state index contributed by atoms with van der Waals surface area (Å²) in [5.74, 6) is 1.16. The summed E-state index contributed by atoms with van der Waals surface area (Å²) >= 11 is 0. The quantitative estimate of drug-likeness (QED) is 0.664. The molecule has 0 aliphatic heterocycles. The van der Waals surface area contributed by atoms with Gasteiger partial charge in [-0.25, -0.2) is 0 Å². The Hall–Kier alpha value is -2.68. The second kappa shape index (κ2) is 5.13. The Morgan fingerprint density at radius 1 is 1.05 bits per heavy atom. The second-order valence-electron chi connectivity index (χ2n) is 4.52. The molecule has 0 saturated heterocycles. The van der Waals surface area contributed by atoms with Gasteiger partial charge in [0.25, 0.3) is 0 Å². The highest BCUT2D eigenvalue weighted by molar-refractivity contribution is 5.96. The molecule has 0 spiro atoms. The number of benzene rings is 2. The largest absolute Gasteiger partial charge is 0.455 e. The molecule has 0 fully saturated rings. The molecule has 0 N–H and O–H groups in total. The molecule has 0 bridgehead atoms. The van der Waals surface area contributed by atoms with Crippen LogP contribution in [0.1, 0.15) is 17.3 Å². The van der Waals surface area contributed by atoms with Crippen LogP contribution < -0.4 is 4.74 Å². The lowest BCUT2D eigenvalue weighted by atomic mass is 10.1. The number of ether oxygens (including phenoxy) is 1. The molecule has 0 unspecified atom stereocenters. The number of hydrogen-bond acceptors (Lipinski definition) is 3. The van der Waals surface area contributed by atoms with Crippen LogP contribution in [-0.4, -0.2) is 10.8 Å². The highest BCUT2D eigenvalue weighted by Crippen LogP contribution is 2.27. The fourth-order valence-corrected chi connectivity index (χ4v) is 2.08. The smallest absolute Gasteiger partial charge is 0.163 e. The van der Waals surface area contributed by atoms with Gasteiger partial charge in [0, 0.05) is 5.39 Å². The van der Waals surface area contributed by atoms with Crippen molar-refractivity contribution in [3.8, 4) is 11.5 Å². The van der Waals surface area contributed by atoms with Gasteiger partial charge in [-0.1, -0.05) is 30.3 Å². The van der Waals surface area contributed by atoms with E-state index in [2.05, 4.69) is 4.98 Å². The van der Waals surface area contributed by atoms with Crippen molar-refractivity contribution < 1.29 is 9.53 Å². The minimum absolute atomic E-state index is 0.0191. The lowest BCUT2D eigenvalue weighted by Gasteiger charge is -2.09. The number of para-hydroxylation sites is 2. The van der Waals surface area contributed by atoms with Gasteiger partial charge in [0.15, 0.2) is 5.78 Å². The van der Waals surface area contributed by atoms with Crippen molar-refractivity contribution in [3.05, 3.63) is 66.4 Å².